The molecule has 2 atom stereocenters. The van der Waals surface area contributed by atoms with Gasteiger partial charge in [-0.3, -0.25) is 9.36 Å². The molecular formula is C23H29ClN4O2S. The van der Waals surface area contributed by atoms with E-state index in [-0.39, 0.29) is 5.91 Å². The maximum Gasteiger partial charge on any atom is 0.233 e. The first-order valence-corrected chi connectivity index (χ1v) is 12.8. The first kappa shape index (κ1) is 21.1. The highest BCUT2D eigenvalue weighted by Crippen LogP contribution is 2.40. The van der Waals surface area contributed by atoms with Crippen LogP contribution in [0, 0.1) is 11.8 Å². The molecule has 0 radical (unpaired) electrons. The van der Waals surface area contributed by atoms with E-state index in [1.54, 1.807) is 0 Å². The molecule has 166 valence electrons. The monoisotopic (exact) mass is 460 g/mol. The Hall–Kier alpha value is -1.73. The summed E-state index contributed by atoms with van der Waals surface area (Å²) in [6, 6.07) is 7.85. The summed E-state index contributed by atoms with van der Waals surface area (Å²) in [6.45, 7) is 2.17. The topological polar surface area (TPSA) is 60.2 Å². The van der Waals surface area contributed by atoms with Gasteiger partial charge >= 0.3 is 0 Å². The lowest BCUT2D eigenvalue weighted by atomic mass is 9.75. The van der Waals surface area contributed by atoms with Crippen molar-refractivity contribution in [3.63, 3.8) is 0 Å². The number of halogens is 1. The van der Waals surface area contributed by atoms with Crippen LogP contribution in [0.15, 0.2) is 29.4 Å². The van der Waals surface area contributed by atoms with Crippen LogP contribution < -0.4 is 4.74 Å². The molecule has 31 heavy (non-hydrogen) atoms. The van der Waals surface area contributed by atoms with Gasteiger partial charge in [0.05, 0.1) is 10.8 Å². The van der Waals surface area contributed by atoms with Gasteiger partial charge in [0.25, 0.3) is 0 Å². The van der Waals surface area contributed by atoms with Crippen LogP contribution in [0.3, 0.4) is 0 Å². The zero-order chi connectivity index (χ0) is 21.2. The molecule has 3 aliphatic rings. The van der Waals surface area contributed by atoms with Crippen molar-refractivity contribution in [2.45, 2.75) is 62.8 Å². The molecule has 2 aliphatic carbocycles. The Morgan fingerprint density at radius 1 is 1.10 bits per heavy atom. The standard InChI is InChI=1S/C23H29ClN4O2S/c24-19-7-3-4-8-20(19)30-14-21-25-26-23(28(21)18-9-10-18)31-15-22(29)27-12-11-16-5-1-2-6-17(16)13-27/h3-4,7-8,16-18H,1-2,5-6,9-15H2/t16-,17+/m0/s1. The highest BCUT2D eigenvalue weighted by Gasteiger charge is 2.34. The zero-order valence-corrected chi connectivity index (χ0v) is 19.3. The number of nitrogens with zero attached hydrogens (tertiary/aromatic N) is 4. The molecule has 2 aromatic rings. The van der Waals surface area contributed by atoms with E-state index < -0.39 is 0 Å². The summed E-state index contributed by atoms with van der Waals surface area (Å²) < 4.78 is 8.04. The van der Waals surface area contributed by atoms with Gasteiger partial charge in [-0.1, -0.05) is 54.8 Å². The van der Waals surface area contributed by atoms with Crippen LogP contribution in [0.2, 0.25) is 5.02 Å². The Bertz CT molecular complexity index is 932. The van der Waals surface area contributed by atoms with Crippen LogP contribution >= 0.6 is 23.4 Å². The summed E-state index contributed by atoms with van der Waals surface area (Å²) in [4.78, 5) is 15.0. The minimum atomic E-state index is 0.230. The minimum Gasteiger partial charge on any atom is -0.484 e. The Kier molecular flexibility index (Phi) is 6.41. The van der Waals surface area contributed by atoms with E-state index in [0.717, 1.165) is 42.8 Å². The van der Waals surface area contributed by atoms with E-state index in [1.807, 2.05) is 24.3 Å². The fraction of sp³-hybridized carbons (Fsp3) is 0.609. The fourth-order valence-corrected chi connectivity index (χ4v) is 6.07. The van der Waals surface area contributed by atoms with Gasteiger partial charge in [0.2, 0.25) is 5.91 Å². The van der Waals surface area contributed by atoms with Crippen LogP contribution in [0.25, 0.3) is 0 Å². The molecule has 1 saturated heterocycles. The maximum atomic E-state index is 12.9. The third-order valence-corrected chi connectivity index (χ3v) is 8.05. The first-order chi connectivity index (χ1) is 15.2. The van der Waals surface area contributed by atoms with Crippen molar-refractivity contribution in [2.75, 3.05) is 18.8 Å². The molecule has 5 rings (SSSR count). The largest absolute Gasteiger partial charge is 0.484 e. The summed E-state index contributed by atoms with van der Waals surface area (Å²) in [5, 5.41) is 10.2. The second kappa shape index (κ2) is 9.41. The van der Waals surface area contributed by atoms with Gasteiger partial charge in [0.1, 0.15) is 12.4 Å². The van der Waals surface area contributed by atoms with Crippen LogP contribution in [-0.4, -0.2) is 44.4 Å². The normalized spacial score (nSPS) is 23.5. The quantitative estimate of drug-likeness (QED) is 0.545. The predicted octanol–water partition coefficient (Wildman–Crippen LogP) is 4.98. The van der Waals surface area contributed by atoms with E-state index in [9.17, 15) is 4.79 Å². The van der Waals surface area contributed by atoms with E-state index >= 15 is 0 Å². The van der Waals surface area contributed by atoms with Crippen LogP contribution in [0.4, 0.5) is 0 Å². The van der Waals surface area contributed by atoms with E-state index in [4.69, 9.17) is 16.3 Å². The van der Waals surface area contributed by atoms with Crippen molar-refractivity contribution in [3.05, 3.63) is 35.1 Å². The molecule has 1 aromatic carbocycles. The van der Waals surface area contributed by atoms with Crippen molar-refractivity contribution >= 4 is 29.3 Å². The summed E-state index contributed by atoms with van der Waals surface area (Å²) in [7, 11) is 0. The van der Waals surface area contributed by atoms with Crippen LogP contribution in [-0.2, 0) is 11.4 Å². The molecule has 6 nitrogen and oxygen atoms in total. The van der Waals surface area contributed by atoms with Gasteiger partial charge in [0, 0.05) is 19.1 Å². The number of likely N-dealkylation sites (tertiary alicyclic amines) is 1. The van der Waals surface area contributed by atoms with Gasteiger partial charge in [-0.2, -0.15) is 0 Å². The molecule has 1 aliphatic heterocycles. The average Bonchev–Trinajstić information content (AvgIpc) is 3.56. The van der Waals surface area contributed by atoms with Gasteiger partial charge < -0.3 is 9.64 Å². The molecule has 0 bridgehead atoms. The molecule has 2 heterocycles. The third kappa shape index (κ3) is 4.87. The number of aromatic nitrogens is 3. The highest BCUT2D eigenvalue weighted by molar-refractivity contribution is 7.99. The van der Waals surface area contributed by atoms with Gasteiger partial charge in [-0.05, 0) is 49.7 Å². The SMILES string of the molecule is O=C(CSc1nnc(COc2ccccc2Cl)n1C1CC1)N1CC[C@@H]2CCCC[C@@H]2C1. The molecule has 1 aromatic heterocycles. The summed E-state index contributed by atoms with van der Waals surface area (Å²) in [5.74, 6) is 3.64. The Balaban J connectivity index is 1.20. The number of fused-ring (bicyclic) bond motifs is 1. The number of para-hydroxylation sites is 1. The number of ether oxygens (including phenoxy) is 1. The third-order valence-electron chi connectivity index (χ3n) is 6.81. The smallest absolute Gasteiger partial charge is 0.233 e. The van der Waals surface area contributed by atoms with E-state index in [1.165, 1.54) is 43.9 Å². The van der Waals surface area contributed by atoms with Crippen molar-refractivity contribution in [2.24, 2.45) is 11.8 Å². The van der Waals surface area contributed by atoms with Crippen molar-refractivity contribution in [1.82, 2.24) is 19.7 Å². The van der Waals surface area contributed by atoms with Gasteiger partial charge in [0.15, 0.2) is 11.0 Å². The number of amides is 1. The number of piperidine rings is 1. The first-order valence-electron chi connectivity index (χ1n) is 11.4. The number of carbonyl (C=O) groups is 1. The number of rotatable bonds is 7. The fourth-order valence-electron chi connectivity index (χ4n) is 4.95. The Labute approximate surface area is 192 Å². The molecule has 0 spiro atoms. The van der Waals surface area contributed by atoms with Gasteiger partial charge in [-0.25, -0.2) is 0 Å². The molecule has 0 unspecified atom stereocenters. The molecule has 8 heteroatoms. The summed E-state index contributed by atoms with van der Waals surface area (Å²) >= 11 is 7.71. The van der Waals surface area contributed by atoms with Gasteiger partial charge in [-0.15, -0.1) is 10.2 Å². The number of carbonyl (C=O) groups excluding carboxylic acids is 1. The summed E-state index contributed by atoms with van der Waals surface area (Å²) in [6.07, 6.45) is 8.73. The van der Waals surface area contributed by atoms with Crippen molar-refractivity contribution < 1.29 is 9.53 Å². The minimum absolute atomic E-state index is 0.230. The Morgan fingerprint density at radius 2 is 1.90 bits per heavy atom. The molecular weight excluding hydrogens is 432 g/mol. The molecule has 0 N–H and O–H groups in total. The number of hydrogen-bond donors (Lipinski definition) is 0. The van der Waals surface area contributed by atoms with Crippen LogP contribution in [0.1, 0.15) is 56.8 Å². The molecule has 2 saturated carbocycles. The van der Waals surface area contributed by atoms with E-state index in [2.05, 4.69) is 19.7 Å². The molecule has 1 amide bonds. The van der Waals surface area contributed by atoms with Crippen molar-refractivity contribution in [3.8, 4) is 5.75 Å². The predicted molar refractivity (Wildman–Crippen MR) is 121 cm³/mol. The average molecular weight is 461 g/mol. The number of thioether (sulfide) groups is 1. The number of hydrogen-bond acceptors (Lipinski definition) is 5. The lowest BCUT2D eigenvalue weighted by molar-refractivity contribution is -0.131. The lowest BCUT2D eigenvalue weighted by Crippen LogP contribution is -2.45. The lowest BCUT2D eigenvalue weighted by Gasteiger charge is -2.41. The Morgan fingerprint density at radius 3 is 2.71 bits per heavy atom. The maximum absolute atomic E-state index is 12.9. The second-order valence-electron chi connectivity index (χ2n) is 8.94. The summed E-state index contributed by atoms with van der Waals surface area (Å²) in [5.41, 5.74) is 0. The zero-order valence-electron chi connectivity index (χ0n) is 17.7. The van der Waals surface area contributed by atoms with Crippen LogP contribution in [0.5, 0.6) is 5.75 Å². The number of benzene rings is 1. The van der Waals surface area contributed by atoms with Crippen molar-refractivity contribution in [1.29, 1.82) is 0 Å². The highest BCUT2D eigenvalue weighted by atomic mass is 35.5. The second-order valence-corrected chi connectivity index (χ2v) is 10.3. The van der Waals surface area contributed by atoms with E-state index in [0.29, 0.717) is 35.1 Å². The molecule has 3 fully saturated rings.